The van der Waals surface area contributed by atoms with Gasteiger partial charge in [0.2, 0.25) is 0 Å². The number of hydrogen-bond donors (Lipinski definition) is 1. The van der Waals surface area contributed by atoms with Gasteiger partial charge in [0.25, 0.3) is 5.91 Å². The zero-order valence-electron chi connectivity index (χ0n) is 8.69. The molecule has 0 unspecified atom stereocenters. The second kappa shape index (κ2) is 4.93. The van der Waals surface area contributed by atoms with Crippen LogP contribution in [0.25, 0.3) is 0 Å². The predicted molar refractivity (Wildman–Crippen MR) is 58.3 cm³/mol. The van der Waals surface area contributed by atoms with Crippen LogP contribution in [0.2, 0.25) is 0 Å². The molecule has 1 aromatic rings. The van der Waals surface area contributed by atoms with Gasteiger partial charge in [0.05, 0.1) is 4.88 Å². The number of likely N-dealkylation sites (N-methyl/N-ethyl adjacent to an activating group) is 1. The van der Waals surface area contributed by atoms with Crippen LogP contribution in [0.1, 0.15) is 21.5 Å². The van der Waals surface area contributed by atoms with Crippen LogP contribution < -0.4 is 0 Å². The summed E-state index contributed by atoms with van der Waals surface area (Å²) in [6.07, 6.45) is 0.889. The Labute approximate surface area is 92.1 Å². The van der Waals surface area contributed by atoms with Crippen molar-refractivity contribution in [3.8, 4) is 0 Å². The van der Waals surface area contributed by atoms with E-state index in [-0.39, 0.29) is 12.5 Å². The van der Waals surface area contributed by atoms with E-state index in [9.17, 15) is 9.59 Å². The molecule has 0 aromatic carbocycles. The fourth-order valence-electron chi connectivity index (χ4n) is 1.15. The molecule has 0 saturated carbocycles. The molecule has 0 aliphatic rings. The lowest BCUT2D eigenvalue weighted by atomic mass is 10.3. The summed E-state index contributed by atoms with van der Waals surface area (Å²) in [5.41, 5.74) is 0. The van der Waals surface area contributed by atoms with Crippen LogP contribution in [-0.4, -0.2) is 35.5 Å². The van der Waals surface area contributed by atoms with E-state index in [1.165, 1.54) is 23.3 Å². The Balaban J connectivity index is 2.71. The van der Waals surface area contributed by atoms with Crippen molar-refractivity contribution in [3.05, 3.63) is 21.9 Å². The van der Waals surface area contributed by atoms with Gasteiger partial charge < -0.3 is 10.0 Å². The summed E-state index contributed by atoms with van der Waals surface area (Å²) in [5, 5.41) is 8.54. The van der Waals surface area contributed by atoms with Crippen molar-refractivity contribution in [1.29, 1.82) is 0 Å². The van der Waals surface area contributed by atoms with Gasteiger partial charge in [-0.25, -0.2) is 0 Å². The van der Waals surface area contributed by atoms with Gasteiger partial charge in [-0.3, -0.25) is 9.59 Å². The van der Waals surface area contributed by atoms with Gasteiger partial charge in [-0.15, -0.1) is 11.3 Å². The number of carboxylic acid groups (broad SMARTS) is 1. The van der Waals surface area contributed by atoms with Crippen molar-refractivity contribution >= 4 is 23.2 Å². The Morgan fingerprint density at radius 2 is 2.13 bits per heavy atom. The molecule has 1 rings (SSSR count). The lowest BCUT2D eigenvalue weighted by Crippen LogP contribution is -2.31. The van der Waals surface area contributed by atoms with Crippen molar-refractivity contribution in [2.24, 2.45) is 0 Å². The molecule has 1 heterocycles. The SMILES string of the molecule is CCc1ccc(C(=O)N(C)CC(=O)O)s1. The van der Waals surface area contributed by atoms with Gasteiger partial charge in [-0.2, -0.15) is 0 Å². The van der Waals surface area contributed by atoms with Crippen LogP contribution in [0.5, 0.6) is 0 Å². The number of nitrogens with zero attached hydrogens (tertiary/aromatic N) is 1. The number of thiophene rings is 1. The van der Waals surface area contributed by atoms with Gasteiger partial charge in [-0.1, -0.05) is 6.92 Å². The monoisotopic (exact) mass is 227 g/mol. The first kappa shape index (κ1) is 11.7. The minimum atomic E-state index is -1.00. The van der Waals surface area contributed by atoms with E-state index in [1.807, 2.05) is 13.0 Å². The van der Waals surface area contributed by atoms with E-state index in [2.05, 4.69) is 0 Å². The van der Waals surface area contributed by atoms with Crippen LogP contribution in [-0.2, 0) is 11.2 Å². The standard InChI is InChI=1S/C10H13NO3S/c1-3-7-4-5-8(15-7)10(14)11(2)6-9(12)13/h4-5H,3,6H2,1-2H3,(H,12,13). The van der Waals surface area contributed by atoms with Gasteiger partial charge in [0.15, 0.2) is 0 Å². The minimum Gasteiger partial charge on any atom is -0.480 e. The highest BCUT2D eigenvalue weighted by Crippen LogP contribution is 2.18. The lowest BCUT2D eigenvalue weighted by Gasteiger charge is -2.12. The van der Waals surface area contributed by atoms with E-state index >= 15 is 0 Å². The van der Waals surface area contributed by atoms with Gasteiger partial charge >= 0.3 is 5.97 Å². The Bertz CT molecular complexity index is 372. The maximum Gasteiger partial charge on any atom is 0.323 e. The van der Waals surface area contributed by atoms with Crippen molar-refractivity contribution in [3.63, 3.8) is 0 Å². The summed E-state index contributed by atoms with van der Waals surface area (Å²) in [6.45, 7) is 1.75. The Morgan fingerprint density at radius 3 is 2.60 bits per heavy atom. The molecule has 0 spiro atoms. The molecular weight excluding hydrogens is 214 g/mol. The van der Waals surface area contributed by atoms with E-state index in [0.29, 0.717) is 4.88 Å². The first-order chi connectivity index (χ1) is 7.04. The third kappa shape index (κ3) is 3.06. The highest BCUT2D eigenvalue weighted by molar-refractivity contribution is 7.14. The van der Waals surface area contributed by atoms with E-state index in [0.717, 1.165) is 11.3 Å². The summed E-state index contributed by atoms with van der Waals surface area (Å²) >= 11 is 1.41. The van der Waals surface area contributed by atoms with E-state index in [4.69, 9.17) is 5.11 Å². The molecule has 0 bridgehead atoms. The third-order valence-electron chi connectivity index (χ3n) is 1.94. The second-order valence-electron chi connectivity index (χ2n) is 3.17. The highest BCUT2D eigenvalue weighted by atomic mass is 32.1. The predicted octanol–water partition coefficient (Wildman–Crippen LogP) is 1.47. The average Bonchev–Trinajstić information content (AvgIpc) is 2.63. The highest BCUT2D eigenvalue weighted by Gasteiger charge is 2.15. The zero-order valence-corrected chi connectivity index (χ0v) is 9.50. The molecule has 1 amide bonds. The van der Waals surface area contributed by atoms with Crippen LogP contribution >= 0.6 is 11.3 Å². The zero-order chi connectivity index (χ0) is 11.4. The summed E-state index contributed by atoms with van der Waals surface area (Å²) in [6, 6.07) is 3.64. The number of amides is 1. The second-order valence-corrected chi connectivity index (χ2v) is 4.34. The van der Waals surface area contributed by atoms with Crippen LogP contribution in [0.15, 0.2) is 12.1 Å². The van der Waals surface area contributed by atoms with Crippen molar-refractivity contribution < 1.29 is 14.7 Å². The number of aryl methyl sites for hydroxylation is 1. The number of carbonyl (C=O) groups excluding carboxylic acids is 1. The van der Waals surface area contributed by atoms with E-state index < -0.39 is 5.97 Å². The minimum absolute atomic E-state index is 0.234. The Morgan fingerprint density at radius 1 is 1.47 bits per heavy atom. The Hall–Kier alpha value is -1.36. The molecule has 1 N–H and O–H groups in total. The summed E-state index contributed by atoms with van der Waals surface area (Å²) < 4.78 is 0. The fraction of sp³-hybridized carbons (Fsp3) is 0.400. The smallest absolute Gasteiger partial charge is 0.323 e. The number of aliphatic carboxylic acids is 1. The molecule has 0 radical (unpaired) electrons. The molecule has 0 saturated heterocycles. The van der Waals surface area contributed by atoms with Crippen LogP contribution in [0.4, 0.5) is 0 Å². The fourth-order valence-corrected chi connectivity index (χ4v) is 2.09. The van der Waals surface area contributed by atoms with E-state index in [1.54, 1.807) is 6.07 Å². The molecule has 4 nitrogen and oxygen atoms in total. The molecular formula is C10H13NO3S. The quantitative estimate of drug-likeness (QED) is 0.847. The largest absolute Gasteiger partial charge is 0.480 e. The maximum absolute atomic E-state index is 11.7. The summed E-state index contributed by atoms with van der Waals surface area (Å²) in [7, 11) is 1.49. The maximum atomic E-state index is 11.7. The van der Waals surface area contributed by atoms with Crippen molar-refractivity contribution in [2.45, 2.75) is 13.3 Å². The van der Waals surface area contributed by atoms with Crippen LogP contribution in [0, 0.1) is 0 Å². The molecule has 0 aliphatic heterocycles. The number of carbonyl (C=O) groups is 2. The molecule has 1 aromatic heterocycles. The molecule has 5 heteroatoms. The third-order valence-corrected chi connectivity index (χ3v) is 3.16. The topological polar surface area (TPSA) is 57.6 Å². The molecule has 0 atom stereocenters. The summed E-state index contributed by atoms with van der Waals surface area (Å²) in [5.74, 6) is -1.24. The van der Waals surface area contributed by atoms with Crippen molar-refractivity contribution in [1.82, 2.24) is 4.90 Å². The summed E-state index contributed by atoms with van der Waals surface area (Å²) in [4.78, 5) is 25.0. The number of hydrogen-bond acceptors (Lipinski definition) is 3. The van der Waals surface area contributed by atoms with Gasteiger partial charge in [0.1, 0.15) is 6.54 Å². The van der Waals surface area contributed by atoms with Crippen LogP contribution in [0.3, 0.4) is 0 Å². The first-order valence-electron chi connectivity index (χ1n) is 4.60. The molecule has 0 aliphatic carbocycles. The van der Waals surface area contributed by atoms with Crippen molar-refractivity contribution in [2.75, 3.05) is 13.6 Å². The average molecular weight is 227 g/mol. The molecule has 0 fully saturated rings. The van der Waals surface area contributed by atoms with Gasteiger partial charge in [-0.05, 0) is 18.6 Å². The molecule has 15 heavy (non-hydrogen) atoms. The van der Waals surface area contributed by atoms with Gasteiger partial charge in [0, 0.05) is 11.9 Å². The first-order valence-corrected chi connectivity index (χ1v) is 5.42. The normalized spacial score (nSPS) is 10.0. The number of carboxylic acids is 1. The lowest BCUT2D eigenvalue weighted by molar-refractivity contribution is -0.137. The molecule has 82 valence electrons. The Kier molecular flexibility index (Phi) is 3.85. The number of rotatable bonds is 4.